The Morgan fingerprint density at radius 1 is 1.30 bits per heavy atom. The lowest BCUT2D eigenvalue weighted by molar-refractivity contribution is 0.101. The monoisotopic (exact) mass is 276 g/mol. The predicted octanol–water partition coefficient (Wildman–Crippen LogP) is -0.274. The molecule has 0 spiro atoms. The maximum Gasteiger partial charge on any atom is 0.330 e. The molecular formula is C13H16N4O3. The van der Waals surface area contributed by atoms with E-state index in [4.69, 9.17) is 0 Å². The van der Waals surface area contributed by atoms with Gasteiger partial charge >= 0.3 is 5.69 Å². The van der Waals surface area contributed by atoms with Crippen molar-refractivity contribution in [1.82, 2.24) is 18.9 Å². The summed E-state index contributed by atoms with van der Waals surface area (Å²) < 4.78 is 4.06. The van der Waals surface area contributed by atoms with Gasteiger partial charge in [0.05, 0.1) is 5.56 Å². The first kappa shape index (κ1) is 14.0. The van der Waals surface area contributed by atoms with Crippen molar-refractivity contribution in [3.63, 3.8) is 0 Å². The van der Waals surface area contributed by atoms with Gasteiger partial charge in [-0.1, -0.05) is 0 Å². The summed E-state index contributed by atoms with van der Waals surface area (Å²) in [7, 11) is 3.19. The summed E-state index contributed by atoms with van der Waals surface area (Å²) in [6.45, 7) is 1.69. The first-order valence-electron chi connectivity index (χ1n) is 6.20. The van der Waals surface area contributed by atoms with Crippen molar-refractivity contribution in [1.29, 1.82) is 0 Å². The molecule has 0 amide bonds. The summed E-state index contributed by atoms with van der Waals surface area (Å²) in [5.74, 6) is -0.347. The number of nitrogens with zero attached hydrogens (tertiary/aromatic N) is 4. The van der Waals surface area contributed by atoms with E-state index in [1.165, 1.54) is 24.7 Å². The maximum absolute atomic E-state index is 12.0. The zero-order chi connectivity index (χ0) is 14.9. The minimum absolute atomic E-state index is 0.0251. The topological polar surface area (TPSA) is 78.9 Å². The molecule has 0 aliphatic heterocycles. The predicted molar refractivity (Wildman–Crippen MR) is 72.9 cm³/mol. The highest BCUT2D eigenvalue weighted by Crippen LogP contribution is 2.00. The van der Waals surface area contributed by atoms with Gasteiger partial charge in [0.15, 0.2) is 5.78 Å². The van der Waals surface area contributed by atoms with E-state index in [1.54, 1.807) is 10.9 Å². The van der Waals surface area contributed by atoms with Gasteiger partial charge in [-0.05, 0) is 13.0 Å². The van der Waals surface area contributed by atoms with Crippen LogP contribution in [-0.4, -0.2) is 24.7 Å². The van der Waals surface area contributed by atoms with Gasteiger partial charge in [-0.25, -0.2) is 4.79 Å². The van der Waals surface area contributed by atoms with Crippen LogP contribution in [0.25, 0.3) is 0 Å². The molecule has 0 aromatic carbocycles. The Balaban J connectivity index is 2.37. The molecule has 0 saturated heterocycles. The zero-order valence-corrected chi connectivity index (χ0v) is 11.7. The highest BCUT2D eigenvalue weighted by molar-refractivity contribution is 5.93. The van der Waals surface area contributed by atoms with Crippen LogP contribution < -0.4 is 11.2 Å². The summed E-state index contributed by atoms with van der Waals surface area (Å²) in [6, 6.07) is 1.86. The molecule has 2 aromatic heterocycles. The van der Waals surface area contributed by atoms with Crippen LogP contribution in [0.1, 0.15) is 23.0 Å². The number of carbonyl (C=O) groups excluding carboxylic acids is 1. The van der Waals surface area contributed by atoms with Gasteiger partial charge in [0.1, 0.15) is 0 Å². The quantitative estimate of drug-likeness (QED) is 0.720. The van der Waals surface area contributed by atoms with E-state index in [-0.39, 0.29) is 11.3 Å². The molecule has 0 saturated carbocycles. The van der Waals surface area contributed by atoms with Crippen molar-refractivity contribution in [3.8, 4) is 0 Å². The number of hydrogen-bond acceptors (Lipinski definition) is 4. The number of Topliss-reactive ketones (excluding diaryl/α,β-unsaturated/α-hetero) is 1. The van der Waals surface area contributed by atoms with Crippen molar-refractivity contribution in [2.75, 3.05) is 0 Å². The van der Waals surface area contributed by atoms with Gasteiger partial charge in [0.25, 0.3) is 5.56 Å². The summed E-state index contributed by atoms with van der Waals surface area (Å²) in [4.78, 5) is 35.2. The summed E-state index contributed by atoms with van der Waals surface area (Å²) >= 11 is 0. The summed E-state index contributed by atoms with van der Waals surface area (Å²) in [5, 5.41) is 4.05. The minimum atomic E-state index is -0.556. The third-order valence-corrected chi connectivity index (χ3v) is 3.26. The molecule has 7 nitrogen and oxygen atoms in total. The average Bonchev–Trinajstić information content (AvgIpc) is 2.80. The van der Waals surface area contributed by atoms with Gasteiger partial charge in [-0.2, -0.15) is 5.10 Å². The number of carbonyl (C=O) groups is 1. The van der Waals surface area contributed by atoms with Gasteiger partial charge in [-0.15, -0.1) is 0 Å². The van der Waals surface area contributed by atoms with Crippen LogP contribution in [0.4, 0.5) is 0 Å². The third kappa shape index (κ3) is 2.47. The normalized spacial score (nSPS) is 10.8. The van der Waals surface area contributed by atoms with Crippen LogP contribution in [0.3, 0.4) is 0 Å². The fourth-order valence-electron chi connectivity index (χ4n) is 2.01. The fraction of sp³-hybridized carbons (Fsp3) is 0.385. The molecule has 0 fully saturated rings. The largest absolute Gasteiger partial charge is 0.330 e. The second-order valence-electron chi connectivity index (χ2n) is 4.64. The number of rotatable bonds is 4. The van der Waals surface area contributed by atoms with Crippen molar-refractivity contribution < 1.29 is 4.79 Å². The van der Waals surface area contributed by atoms with Gasteiger partial charge < -0.3 is 0 Å². The van der Waals surface area contributed by atoms with Crippen molar-refractivity contribution in [3.05, 3.63) is 50.6 Å². The summed E-state index contributed by atoms with van der Waals surface area (Å²) in [5.41, 5.74) is 0.00804. The van der Waals surface area contributed by atoms with E-state index < -0.39 is 11.2 Å². The Morgan fingerprint density at radius 3 is 2.55 bits per heavy atom. The molecule has 0 bridgehead atoms. The van der Waals surface area contributed by atoms with Crippen LogP contribution in [0.2, 0.25) is 0 Å². The van der Waals surface area contributed by atoms with Gasteiger partial charge in [-0.3, -0.25) is 23.4 Å². The molecule has 106 valence electrons. The number of aryl methyl sites for hydroxylation is 3. The lowest BCUT2D eigenvalue weighted by Gasteiger charge is -2.09. The molecule has 0 aliphatic rings. The Bertz CT molecular complexity index is 767. The smallest absolute Gasteiger partial charge is 0.299 e. The molecule has 0 N–H and O–H groups in total. The highest BCUT2D eigenvalue weighted by Gasteiger charge is 2.12. The van der Waals surface area contributed by atoms with Gasteiger partial charge in [0.2, 0.25) is 0 Å². The highest BCUT2D eigenvalue weighted by atomic mass is 16.2. The second kappa shape index (κ2) is 5.28. The van der Waals surface area contributed by atoms with E-state index >= 15 is 0 Å². The number of aromatic nitrogens is 4. The van der Waals surface area contributed by atoms with Crippen molar-refractivity contribution in [2.45, 2.75) is 19.9 Å². The van der Waals surface area contributed by atoms with E-state index in [2.05, 4.69) is 5.10 Å². The molecule has 0 aliphatic carbocycles. The van der Waals surface area contributed by atoms with Crippen LogP contribution >= 0.6 is 0 Å². The standard InChI is InChI=1S/C13H16N4O3/c1-9(18)11-8-17(13(20)15(2)12(11)19)7-5-10-4-6-14-16(10)3/h4,6,8H,5,7H2,1-3H3. The molecule has 0 unspecified atom stereocenters. The minimum Gasteiger partial charge on any atom is -0.299 e. The second-order valence-corrected chi connectivity index (χ2v) is 4.64. The fourth-order valence-corrected chi connectivity index (χ4v) is 2.01. The Kier molecular flexibility index (Phi) is 3.69. The SMILES string of the molecule is CC(=O)c1cn(CCc2ccnn2C)c(=O)n(C)c1=O. The number of hydrogen-bond donors (Lipinski definition) is 0. The number of ketones is 1. The summed E-state index contributed by atoms with van der Waals surface area (Å²) in [6.07, 6.45) is 3.61. The van der Waals surface area contributed by atoms with Crippen molar-refractivity contribution in [2.24, 2.45) is 14.1 Å². The molecule has 0 radical (unpaired) electrons. The van der Waals surface area contributed by atoms with Gasteiger partial charge in [0, 0.05) is 45.1 Å². The van der Waals surface area contributed by atoms with Crippen LogP contribution in [-0.2, 0) is 27.1 Å². The first-order chi connectivity index (χ1) is 9.41. The molecule has 2 rings (SSSR count). The Labute approximate surface area is 115 Å². The molecule has 2 aromatic rings. The van der Waals surface area contributed by atoms with E-state index in [0.29, 0.717) is 13.0 Å². The van der Waals surface area contributed by atoms with E-state index in [1.807, 2.05) is 13.1 Å². The zero-order valence-electron chi connectivity index (χ0n) is 11.7. The first-order valence-corrected chi connectivity index (χ1v) is 6.20. The van der Waals surface area contributed by atoms with Crippen molar-refractivity contribution >= 4 is 5.78 Å². The average molecular weight is 276 g/mol. The van der Waals surface area contributed by atoms with E-state index in [9.17, 15) is 14.4 Å². The van der Waals surface area contributed by atoms with Crippen LogP contribution in [0, 0.1) is 0 Å². The molecule has 0 atom stereocenters. The maximum atomic E-state index is 12.0. The Morgan fingerprint density at radius 2 is 2.00 bits per heavy atom. The molecule has 2 heterocycles. The van der Waals surface area contributed by atoms with Crippen LogP contribution in [0.5, 0.6) is 0 Å². The molecule has 7 heteroatoms. The third-order valence-electron chi connectivity index (χ3n) is 3.26. The lowest BCUT2D eigenvalue weighted by Crippen LogP contribution is -2.40. The van der Waals surface area contributed by atoms with E-state index in [0.717, 1.165) is 10.3 Å². The Hall–Kier alpha value is -2.44. The molecular weight excluding hydrogens is 260 g/mol. The lowest BCUT2D eigenvalue weighted by atomic mass is 10.2. The van der Waals surface area contributed by atoms with Crippen LogP contribution in [0.15, 0.2) is 28.0 Å². The molecule has 20 heavy (non-hydrogen) atoms.